The lowest BCUT2D eigenvalue weighted by Crippen LogP contribution is -2.47. The van der Waals surface area contributed by atoms with Gasteiger partial charge in [-0.25, -0.2) is 0 Å². The summed E-state index contributed by atoms with van der Waals surface area (Å²) in [6.07, 6.45) is 2.90. The highest BCUT2D eigenvalue weighted by Crippen LogP contribution is 2.41. The van der Waals surface area contributed by atoms with Crippen molar-refractivity contribution in [2.45, 2.75) is 44.8 Å². The number of fused-ring (bicyclic) bond motifs is 1. The van der Waals surface area contributed by atoms with Crippen LogP contribution < -0.4 is 4.74 Å². The van der Waals surface area contributed by atoms with Gasteiger partial charge in [0.1, 0.15) is 5.75 Å². The molecule has 0 aromatic heterocycles. The van der Waals surface area contributed by atoms with Crippen LogP contribution >= 0.6 is 0 Å². The van der Waals surface area contributed by atoms with Crippen LogP contribution in [-0.2, 0) is 20.7 Å². The van der Waals surface area contributed by atoms with Crippen molar-refractivity contribution < 1.29 is 19.1 Å². The van der Waals surface area contributed by atoms with Crippen LogP contribution in [0.1, 0.15) is 48.9 Å². The number of nitrogens with zero attached hydrogens (tertiary/aromatic N) is 2. The minimum atomic E-state index is -0.524. The van der Waals surface area contributed by atoms with Crippen LogP contribution in [0.25, 0.3) is 0 Å². The van der Waals surface area contributed by atoms with E-state index in [2.05, 4.69) is 29.2 Å². The molecule has 174 valence electrons. The van der Waals surface area contributed by atoms with Gasteiger partial charge in [-0.1, -0.05) is 43.3 Å². The second-order valence-electron chi connectivity index (χ2n) is 9.18. The number of carbonyl (C=O) groups excluding carboxylic acids is 2. The second kappa shape index (κ2) is 9.56. The maximum atomic E-state index is 13.2. The summed E-state index contributed by atoms with van der Waals surface area (Å²) < 4.78 is 11.6. The molecule has 0 radical (unpaired) electrons. The van der Waals surface area contributed by atoms with Crippen molar-refractivity contribution in [1.29, 1.82) is 0 Å². The Balaban J connectivity index is 1.43. The van der Waals surface area contributed by atoms with Crippen LogP contribution in [-0.4, -0.2) is 60.6 Å². The summed E-state index contributed by atoms with van der Waals surface area (Å²) in [7, 11) is 0. The number of morpholine rings is 1. The quantitative estimate of drug-likeness (QED) is 0.678. The molecule has 2 heterocycles. The highest BCUT2D eigenvalue weighted by Gasteiger charge is 2.39. The van der Waals surface area contributed by atoms with Gasteiger partial charge in [-0.15, -0.1) is 0 Å². The maximum absolute atomic E-state index is 13.2. The summed E-state index contributed by atoms with van der Waals surface area (Å²) in [6.45, 7) is 5.07. The van der Waals surface area contributed by atoms with Gasteiger partial charge in [0, 0.05) is 25.6 Å². The minimum Gasteiger partial charge on any atom is -0.481 e. The number of hydrogen-bond donors (Lipinski definition) is 0. The van der Waals surface area contributed by atoms with Crippen molar-refractivity contribution in [2.75, 3.05) is 32.8 Å². The van der Waals surface area contributed by atoms with E-state index in [0.29, 0.717) is 38.5 Å². The third-order valence-corrected chi connectivity index (χ3v) is 6.92. The lowest BCUT2D eigenvalue weighted by Gasteiger charge is -2.38. The zero-order chi connectivity index (χ0) is 22.8. The Hall–Kier alpha value is -2.86. The smallest absolute Gasteiger partial charge is 0.263 e. The van der Waals surface area contributed by atoms with E-state index < -0.39 is 6.10 Å². The standard InChI is InChI=1S/C27H32N2O4/c1-2-24(27(31)28-14-16-32-17-15-28)33-22-11-10-19-12-13-29(26(30)21-8-9-21)25(23(19)18-22)20-6-4-3-5-7-20/h3-7,10-11,18,21,24-25H,2,8-9,12-17H2,1H3/t24-,25+/m0/s1. The Kier molecular flexibility index (Phi) is 6.36. The number of benzene rings is 2. The van der Waals surface area contributed by atoms with Gasteiger partial charge >= 0.3 is 0 Å². The lowest BCUT2D eigenvalue weighted by molar-refractivity contribution is -0.143. The molecule has 0 spiro atoms. The van der Waals surface area contributed by atoms with E-state index in [1.165, 1.54) is 5.56 Å². The second-order valence-corrected chi connectivity index (χ2v) is 9.18. The molecule has 6 heteroatoms. The van der Waals surface area contributed by atoms with E-state index in [1.807, 2.05) is 36.1 Å². The average molecular weight is 449 g/mol. The summed E-state index contributed by atoms with van der Waals surface area (Å²) in [6, 6.07) is 16.2. The van der Waals surface area contributed by atoms with Crippen molar-refractivity contribution in [3.05, 3.63) is 65.2 Å². The fourth-order valence-electron chi connectivity index (χ4n) is 4.92. The van der Waals surface area contributed by atoms with Crippen molar-refractivity contribution in [1.82, 2.24) is 9.80 Å². The highest BCUT2D eigenvalue weighted by molar-refractivity contribution is 5.82. The van der Waals surface area contributed by atoms with E-state index >= 15 is 0 Å². The molecule has 0 bridgehead atoms. The van der Waals surface area contributed by atoms with Crippen molar-refractivity contribution in [3.63, 3.8) is 0 Å². The molecule has 2 atom stereocenters. The summed E-state index contributed by atoms with van der Waals surface area (Å²) in [4.78, 5) is 30.1. The Morgan fingerprint density at radius 1 is 1.06 bits per heavy atom. The van der Waals surface area contributed by atoms with Crippen LogP contribution in [0, 0.1) is 5.92 Å². The zero-order valence-electron chi connectivity index (χ0n) is 19.2. The predicted octanol–water partition coefficient (Wildman–Crippen LogP) is 3.59. The van der Waals surface area contributed by atoms with Crippen LogP contribution in [0.15, 0.2) is 48.5 Å². The van der Waals surface area contributed by atoms with E-state index in [-0.39, 0.29) is 23.8 Å². The van der Waals surface area contributed by atoms with Gasteiger partial charge in [-0.3, -0.25) is 9.59 Å². The van der Waals surface area contributed by atoms with Crippen molar-refractivity contribution >= 4 is 11.8 Å². The number of hydrogen-bond acceptors (Lipinski definition) is 4. The molecule has 6 nitrogen and oxygen atoms in total. The first kappa shape index (κ1) is 22.0. The predicted molar refractivity (Wildman–Crippen MR) is 125 cm³/mol. The molecule has 2 aromatic rings. The van der Waals surface area contributed by atoms with E-state index in [9.17, 15) is 9.59 Å². The maximum Gasteiger partial charge on any atom is 0.263 e. The van der Waals surface area contributed by atoms with Gasteiger partial charge in [0.2, 0.25) is 5.91 Å². The van der Waals surface area contributed by atoms with E-state index in [4.69, 9.17) is 9.47 Å². The molecule has 0 unspecified atom stereocenters. The Morgan fingerprint density at radius 3 is 2.52 bits per heavy atom. The third-order valence-electron chi connectivity index (χ3n) is 6.92. The van der Waals surface area contributed by atoms with Crippen LogP contribution in [0.2, 0.25) is 0 Å². The van der Waals surface area contributed by atoms with Gasteiger partial charge in [0.25, 0.3) is 5.91 Å². The van der Waals surface area contributed by atoms with Gasteiger partial charge in [-0.2, -0.15) is 0 Å². The zero-order valence-corrected chi connectivity index (χ0v) is 19.2. The monoisotopic (exact) mass is 448 g/mol. The minimum absolute atomic E-state index is 0.0173. The van der Waals surface area contributed by atoms with E-state index in [1.54, 1.807) is 0 Å². The van der Waals surface area contributed by atoms with Crippen LogP contribution in [0.5, 0.6) is 5.75 Å². The molecular weight excluding hydrogens is 416 g/mol. The Morgan fingerprint density at radius 2 is 1.82 bits per heavy atom. The fraction of sp³-hybridized carbons (Fsp3) is 0.481. The van der Waals surface area contributed by atoms with Gasteiger partial charge in [0.05, 0.1) is 19.3 Å². The molecule has 2 aromatic carbocycles. The third kappa shape index (κ3) is 4.62. The molecule has 33 heavy (non-hydrogen) atoms. The largest absolute Gasteiger partial charge is 0.481 e. The lowest BCUT2D eigenvalue weighted by atomic mass is 9.87. The molecule has 1 aliphatic carbocycles. The first-order valence-electron chi connectivity index (χ1n) is 12.2. The van der Waals surface area contributed by atoms with Crippen LogP contribution in [0.3, 0.4) is 0 Å². The van der Waals surface area contributed by atoms with Crippen molar-refractivity contribution in [2.24, 2.45) is 5.92 Å². The van der Waals surface area contributed by atoms with Crippen molar-refractivity contribution in [3.8, 4) is 5.75 Å². The fourth-order valence-corrected chi connectivity index (χ4v) is 4.92. The summed E-state index contributed by atoms with van der Waals surface area (Å²) in [5.41, 5.74) is 3.46. The Labute approximate surface area is 195 Å². The molecule has 2 fully saturated rings. The summed E-state index contributed by atoms with van der Waals surface area (Å²) in [5, 5.41) is 0. The molecule has 1 saturated carbocycles. The molecule has 3 aliphatic rings. The number of amides is 2. The average Bonchev–Trinajstić information content (AvgIpc) is 3.72. The molecule has 2 aliphatic heterocycles. The molecule has 0 N–H and O–H groups in total. The van der Waals surface area contributed by atoms with Gasteiger partial charge in [-0.05, 0) is 54.5 Å². The van der Waals surface area contributed by atoms with Gasteiger partial charge < -0.3 is 19.3 Å². The van der Waals surface area contributed by atoms with Crippen LogP contribution in [0.4, 0.5) is 0 Å². The van der Waals surface area contributed by atoms with Gasteiger partial charge in [0.15, 0.2) is 6.10 Å². The SMILES string of the molecule is CC[C@H](Oc1ccc2c(c1)[C@@H](c1ccccc1)N(C(=O)C1CC1)CC2)C(=O)N1CCOCC1. The summed E-state index contributed by atoms with van der Waals surface area (Å²) >= 11 is 0. The molecule has 1 saturated heterocycles. The molecular formula is C27H32N2O4. The summed E-state index contributed by atoms with van der Waals surface area (Å²) in [5.74, 6) is 1.13. The highest BCUT2D eigenvalue weighted by atomic mass is 16.5. The number of ether oxygens (including phenoxy) is 2. The normalized spacial score (nSPS) is 21.3. The molecule has 5 rings (SSSR count). The number of rotatable bonds is 6. The first-order chi connectivity index (χ1) is 16.2. The first-order valence-corrected chi connectivity index (χ1v) is 12.2. The number of carbonyl (C=O) groups is 2. The molecule has 2 amide bonds. The topological polar surface area (TPSA) is 59.1 Å². The van der Waals surface area contributed by atoms with E-state index in [0.717, 1.165) is 36.9 Å². The Bertz CT molecular complexity index is 998.